The van der Waals surface area contributed by atoms with E-state index in [4.69, 9.17) is 9.47 Å². The molecule has 6 heteroatoms. The highest BCUT2D eigenvalue weighted by Gasteiger charge is 2.29. The molecule has 0 heterocycles. The Morgan fingerprint density at radius 1 is 1.03 bits per heavy atom. The third-order valence-corrected chi connectivity index (χ3v) is 4.96. The van der Waals surface area contributed by atoms with Gasteiger partial charge in [0.05, 0.1) is 0 Å². The van der Waals surface area contributed by atoms with Crippen molar-refractivity contribution < 1.29 is 24.2 Å². The minimum atomic E-state index is -1.31. The maximum Gasteiger partial charge on any atom is 0.407 e. The Hall–Kier alpha value is -2.86. The van der Waals surface area contributed by atoms with Crippen molar-refractivity contribution in [2.24, 2.45) is 0 Å². The second kappa shape index (κ2) is 8.88. The van der Waals surface area contributed by atoms with Crippen molar-refractivity contribution in [3.63, 3.8) is 0 Å². The summed E-state index contributed by atoms with van der Waals surface area (Å²) in [6, 6.07) is 15.8. The first kappa shape index (κ1) is 21.8. The average molecular weight is 411 g/mol. The number of carbonyl (C=O) groups is 2. The van der Waals surface area contributed by atoms with Crippen molar-refractivity contribution in [1.29, 1.82) is 0 Å². The van der Waals surface area contributed by atoms with E-state index in [2.05, 4.69) is 29.6 Å². The highest BCUT2D eigenvalue weighted by molar-refractivity contribution is 5.79. The zero-order valence-corrected chi connectivity index (χ0v) is 17.8. The van der Waals surface area contributed by atoms with Crippen molar-refractivity contribution in [2.45, 2.75) is 57.8 Å². The summed E-state index contributed by atoms with van der Waals surface area (Å²) in [6.07, 6.45) is -1.85. The Bertz CT molecular complexity index is 872. The van der Waals surface area contributed by atoms with E-state index in [1.807, 2.05) is 24.3 Å². The molecule has 3 rings (SSSR count). The minimum Gasteiger partial charge on any atom is -0.458 e. The van der Waals surface area contributed by atoms with E-state index in [0.29, 0.717) is 0 Å². The number of esters is 1. The van der Waals surface area contributed by atoms with Gasteiger partial charge in [0, 0.05) is 18.4 Å². The molecule has 1 amide bonds. The fourth-order valence-corrected chi connectivity index (χ4v) is 3.70. The number of hydrogen-bond donors (Lipinski definition) is 2. The van der Waals surface area contributed by atoms with Crippen LogP contribution in [0.2, 0.25) is 0 Å². The van der Waals surface area contributed by atoms with Gasteiger partial charge in [-0.3, -0.25) is 0 Å². The van der Waals surface area contributed by atoms with Gasteiger partial charge in [0.1, 0.15) is 12.2 Å². The summed E-state index contributed by atoms with van der Waals surface area (Å²) in [6.45, 7) is 7.11. The number of rotatable bonds is 6. The predicted molar refractivity (Wildman–Crippen MR) is 114 cm³/mol. The average Bonchev–Trinajstić information content (AvgIpc) is 2.99. The van der Waals surface area contributed by atoms with Crippen LogP contribution in [0.3, 0.4) is 0 Å². The molecule has 0 spiro atoms. The van der Waals surface area contributed by atoms with Crippen LogP contribution in [-0.4, -0.2) is 41.5 Å². The largest absolute Gasteiger partial charge is 0.458 e. The quantitative estimate of drug-likeness (QED) is 0.702. The number of benzene rings is 2. The molecule has 0 saturated heterocycles. The van der Waals surface area contributed by atoms with Gasteiger partial charge in [-0.2, -0.15) is 0 Å². The monoisotopic (exact) mass is 411 g/mol. The summed E-state index contributed by atoms with van der Waals surface area (Å²) in [4.78, 5) is 24.2. The zero-order valence-electron chi connectivity index (χ0n) is 17.8. The SMILES string of the molecule is CC(CC(O)C(=O)OC(C)(C)C)NC(=O)OCC1c2ccccc2-c2ccccc21. The van der Waals surface area contributed by atoms with Crippen LogP contribution in [0.1, 0.15) is 51.2 Å². The third-order valence-electron chi connectivity index (χ3n) is 4.96. The smallest absolute Gasteiger partial charge is 0.407 e. The molecule has 160 valence electrons. The number of aliphatic hydroxyl groups excluding tert-OH is 1. The number of aliphatic hydroxyl groups is 1. The van der Waals surface area contributed by atoms with Crippen molar-refractivity contribution >= 4 is 12.1 Å². The molecule has 0 saturated carbocycles. The molecule has 6 nitrogen and oxygen atoms in total. The Labute approximate surface area is 177 Å². The molecule has 0 aromatic heterocycles. The molecule has 1 aliphatic rings. The van der Waals surface area contributed by atoms with Gasteiger partial charge in [-0.1, -0.05) is 48.5 Å². The summed E-state index contributed by atoms with van der Waals surface area (Å²) in [5.41, 5.74) is 3.92. The van der Waals surface area contributed by atoms with Gasteiger partial charge in [0.2, 0.25) is 0 Å². The molecule has 2 aromatic rings. The van der Waals surface area contributed by atoms with Crippen molar-refractivity contribution in [1.82, 2.24) is 5.32 Å². The Kier molecular flexibility index (Phi) is 6.46. The lowest BCUT2D eigenvalue weighted by Crippen LogP contribution is -2.39. The predicted octanol–water partition coefficient (Wildman–Crippen LogP) is 4.01. The number of ether oxygens (including phenoxy) is 2. The lowest BCUT2D eigenvalue weighted by atomic mass is 9.98. The molecule has 0 aliphatic heterocycles. The lowest BCUT2D eigenvalue weighted by Gasteiger charge is -2.23. The third kappa shape index (κ3) is 5.19. The van der Waals surface area contributed by atoms with E-state index in [-0.39, 0.29) is 18.9 Å². The number of amides is 1. The van der Waals surface area contributed by atoms with E-state index < -0.39 is 29.8 Å². The highest BCUT2D eigenvalue weighted by atomic mass is 16.6. The molecule has 0 bridgehead atoms. The Morgan fingerprint density at radius 3 is 2.10 bits per heavy atom. The highest BCUT2D eigenvalue weighted by Crippen LogP contribution is 2.44. The molecule has 1 aliphatic carbocycles. The van der Waals surface area contributed by atoms with Crippen LogP contribution in [0.5, 0.6) is 0 Å². The summed E-state index contributed by atoms with van der Waals surface area (Å²) < 4.78 is 10.6. The van der Waals surface area contributed by atoms with Gasteiger partial charge < -0.3 is 19.9 Å². The fraction of sp³-hybridized carbons (Fsp3) is 0.417. The number of fused-ring (bicyclic) bond motifs is 3. The van der Waals surface area contributed by atoms with E-state index in [1.54, 1.807) is 27.7 Å². The number of alkyl carbamates (subject to hydrolysis) is 1. The summed E-state index contributed by atoms with van der Waals surface area (Å²) in [5, 5.41) is 12.7. The maximum atomic E-state index is 12.3. The summed E-state index contributed by atoms with van der Waals surface area (Å²) >= 11 is 0. The van der Waals surface area contributed by atoms with Crippen LogP contribution in [0.25, 0.3) is 11.1 Å². The van der Waals surface area contributed by atoms with Gasteiger partial charge >= 0.3 is 12.1 Å². The second-order valence-corrected chi connectivity index (χ2v) is 8.66. The standard InChI is InChI=1S/C24H29NO5/c1-15(13-21(26)22(27)30-24(2,3)4)25-23(28)29-14-20-18-11-7-5-9-16(18)17-10-6-8-12-19(17)20/h5-12,15,20-21,26H,13-14H2,1-4H3,(H,25,28). The van der Waals surface area contributed by atoms with E-state index in [1.165, 1.54) is 0 Å². The van der Waals surface area contributed by atoms with Crippen LogP contribution in [0, 0.1) is 0 Å². The van der Waals surface area contributed by atoms with Crippen molar-refractivity contribution in [2.75, 3.05) is 6.61 Å². The van der Waals surface area contributed by atoms with E-state index in [9.17, 15) is 14.7 Å². The molecule has 0 radical (unpaired) electrons. The molecule has 2 N–H and O–H groups in total. The van der Waals surface area contributed by atoms with Crippen molar-refractivity contribution in [3.8, 4) is 11.1 Å². The zero-order chi connectivity index (χ0) is 21.9. The van der Waals surface area contributed by atoms with Gasteiger partial charge in [-0.15, -0.1) is 0 Å². The number of hydrogen-bond acceptors (Lipinski definition) is 5. The first-order valence-electron chi connectivity index (χ1n) is 10.2. The molecule has 30 heavy (non-hydrogen) atoms. The van der Waals surface area contributed by atoms with E-state index in [0.717, 1.165) is 22.3 Å². The van der Waals surface area contributed by atoms with Crippen LogP contribution in [0.4, 0.5) is 4.79 Å². The molecule has 2 atom stereocenters. The fourth-order valence-electron chi connectivity index (χ4n) is 3.70. The summed E-state index contributed by atoms with van der Waals surface area (Å²) in [7, 11) is 0. The molecule has 0 fully saturated rings. The van der Waals surface area contributed by atoms with Gasteiger partial charge in [-0.25, -0.2) is 9.59 Å². The number of carbonyl (C=O) groups excluding carboxylic acids is 2. The summed E-state index contributed by atoms with van der Waals surface area (Å²) in [5.74, 6) is -0.727. The minimum absolute atomic E-state index is 0.0224. The molecular formula is C24H29NO5. The van der Waals surface area contributed by atoms with Gasteiger partial charge in [-0.05, 0) is 49.9 Å². The molecule has 2 aromatic carbocycles. The van der Waals surface area contributed by atoms with E-state index >= 15 is 0 Å². The molecular weight excluding hydrogens is 382 g/mol. The second-order valence-electron chi connectivity index (χ2n) is 8.66. The van der Waals surface area contributed by atoms with Crippen LogP contribution in [-0.2, 0) is 14.3 Å². The van der Waals surface area contributed by atoms with Gasteiger partial charge in [0.15, 0.2) is 6.10 Å². The Morgan fingerprint density at radius 2 is 1.57 bits per heavy atom. The lowest BCUT2D eigenvalue weighted by molar-refractivity contribution is -0.165. The number of nitrogens with one attached hydrogen (secondary N) is 1. The molecule has 2 unspecified atom stereocenters. The van der Waals surface area contributed by atoms with Crippen LogP contribution >= 0.6 is 0 Å². The Balaban J connectivity index is 1.54. The van der Waals surface area contributed by atoms with Crippen LogP contribution in [0.15, 0.2) is 48.5 Å². The van der Waals surface area contributed by atoms with Crippen molar-refractivity contribution in [3.05, 3.63) is 59.7 Å². The van der Waals surface area contributed by atoms with Gasteiger partial charge in [0.25, 0.3) is 0 Å². The van der Waals surface area contributed by atoms with Crippen LogP contribution < -0.4 is 5.32 Å². The normalized spacial score (nSPS) is 15.0. The first-order chi connectivity index (χ1) is 14.2. The maximum absolute atomic E-state index is 12.3. The first-order valence-corrected chi connectivity index (χ1v) is 10.2. The topological polar surface area (TPSA) is 84.9 Å².